The van der Waals surface area contributed by atoms with E-state index in [0.717, 1.165) is 0 Å². The summed E-state index contributed by atoms with van der Waals surface area (Å²) >= 11 is 11.9. The molecule has 1 amide bonds. The van der Waals surface area contributed by atoms with E-state index in [9.17, 15) is 4.79 Å². The molecule has 0 radical (unpaired) electrons. The number of methoxy groups -OCH3 is 2. The number of nitrogens with one attached hydrogen (secondary N) is 1. The SMILES string of the molecule is COc1ccc(OC)c(C(=O)Nc2ccc(Cl)cc2Cl)c1. The molecule has 0 atom stereocenters. The minimum absolute atomic E-state index is 0.350. The number of benzene rings is 2. The lowest BCUT2D eigenvalue weighted by molar-refractivity contribution is 0.102. The van der Waals surface area contributed by atoms with Crippen LogP contribution >= 0.6 is 23.2 Å². The molecule has 0 spiro atoms. The molecular formula is C15H13Cl2NO3. The van der Waals surface area contributed by atoms with Crippen molar-refractivity contribution < 1.29 is 14.3 Å². The van der Waals surface area contributed by atoms with Crippen LogP contribution < -0.4 is 14.8 Å². The Hall–Kier alpha value is -1.91. The molecule has 2 aromatic rings. The summed E-state index contributed by atoms with van der Waals surface area (Å²) < 4.78 is 10.3. The van der Waals surface area contributed by atoms with E-state index < -0.39 is 0 Å². The molecule has 21 heavy (non-hydrogen) atoms. The molecule has 0 aliphatic carbocycles. The van der Waals surface area contributed by atoms with Crippen LogP contribution in [0.5, 0.6) is 11.5 Å². The van der Waals surface area contributed by atoms with Gasteiger partial charge in [0.15, 0.2) is 0 Å². The molecule has 0 unspecified atom stereocenters. The average molecular weight is 326 g/mol. The topological polar surface area (TPSA) is 47.6 Å². The summed E-state index contributed by atoms with van der Waals surface area (Å²) in [4.78, 5) is 12.4. The number of carbonyl (C=O) groups excluding carboxylic acids is 1. The first-order chi connectivity index (χ1) is 10.0. The number of ether oxygens (including phenoxy) is 2. The number of rotatable bonds is 4. The largest absolute Gasteiger partial charge is 0.497 e. The zero-order valence-electron chi connectivity index (χ0n) is 11.4. The van der Waals surface area contributed by atoms with E-state index in [2.05, 4.69) is 5.32 Å². The third kappa shape index (κ3) is 3.60. The summed E-state index contributed by atoms with van der Waals surface area (Å²) in [5.74, 6) is 0.650. The van der Waals surface area contributed by atoms with Crippen molar-refractivity contribution in [2.24, 2.45) is 0 Å². The Morgan fingerprint density at radius 3 is 2.43 bits per heavy atom. The van der Waals surface area contributed by atoms with Gasteiger partial charge >= 0.3 is 0 Å². The Labute approximate surface area is 132 Å². The molecule has 0 fully saturated rings. The standard InChI is InChI=1S/C15H13Cl2NO3/c1-20-10-4-6-14(21-2)11(8-10)15(19)18-13-5-3-9(16)7-12(13)17/h3-8H,1-2H3,(H,18,19). The Kier molecular flexibility index (Phi) is 4.94. The van der Waals surface area contributed by atoms with E-state index in [1.165, 1.54) is 14.2 Å². The van der Waals surface area contributed by atoms with Gasteiger partial charge in [0.05, 0.1) is 30.5 Å². The molecule has 0 saturated heterocycles. The third-order valence-electron chi connectivity index (χ3n) is 2.83. The molecule has 6 heteroatoms. The lowest BCUT2D eigenvalue weighted by Gasteiger charge is -2.12. The highest BCUT2D eigenvalue weighted by Crippen LogP contribution is 2.28. The number of anilines is 1. The molecule has 0 saturated carbocycles. The van der Waals surface area contributed by atoms with Gasteiger partial charge in [-0.25, -0.2) is 0 Å². The molecule has 2 aromatic carbocycles. The van der Waals surface area contributed by atoms with E-state index in [1.54, 1.807) is 36.4 Å². The van der Waals surface area contributed by atoms with Crippen LogP contribution in [0.25, 0.3) is 0 Å². The molecule has 0 aromatic heterocycles. The Morgan fingerprint density at radius 2 is 1.81 bits per heavy atom. The Bertz CT molecular complexity index is 674. The molecule has 110 valence electrons. The smallest absolute Gasteiger partial charge is 0.259 e. The maximum Gasteiger partial charge on any atom is 0.259 e. The van der Waals surface area contributed by atoms with Crippen molar-refractivity contribution >= 4 is 34.8 Å². The lowest BCUT2D eigenvalue weighted by Crippen LogP contribution is -2.13. The summed E-state index contributed by atoms with van der Waals surface area (Å²) in [6.45, 7) is 0. The molecule has 1 N–H and O–H groups in total. The maximum absolute atomic E-state index is 12.4. The predicted molar refractivity (Wildman–Crippen MR) is 84.0 cm³/mol. The molecule has 2 rings (SSSR count). The second kappa shape index (κ2) is 6.70. The predicted octanol–water partition coefficient (Wildman–Crippen LogP) is 4.26. The number of hydrogen-bond donors (Lipinski definition) is 1. The zero-order valence-corrected chi connectivity index (χ0v) is 13.0. The first-order valence-corrected chi connectivity index (χ1v) is 6.79. The van der Waals surface area contributed by atoms with E-state index >= 15 is 0 Å². The number of amides is 1. The zero-order chi connectivity index (χ0) is 15.4. The first-order valence-electron chi connectivity index (χ1n) is 6.03. The second-order valence-electron chi connectivity index (χ2n) is 4.14. The van der Waals surface area contributed by atoms with E-state index in [1.807, 2.05) is 0 Å². The Morgan fingerprint density at radius 1 is 1.05 bits per heavy atom. The van der Waals surface area contributed by atoms with Gasteiger partial charge in [0.25, 0.3) is 5.91 Å². The van der Waals surface area contributed by atoms with Crippen LogP contribution in [0, 0.1) is 0 Å². The van der Waals surface area contributed by atoms with E-state index in [-0.39, 0.29) is 5.91 Å². The normalized spacial score (nSPS) is 10.1. The van der Waals surface area contributed by atoms with Crippen LogP contribution in [0.4, 0.5) is 5.69 Å². The fraction of sp³-hybridized carbons (Fsp3) is 0.133. The minimum atomic E-state index is -0.352. The third-order valence-corrected chi connectivity index (χ3v) is 3.38. The lowest BCUT2D eigenvalue weighted by atomic mass is 10.1. The van der Waals surface area contributed by atoms with Crippen LogP contribution in [0.3, 0.4) is 0 Å². The molecule has 0 bridgehead atoms. The second-order valence-corrected chi connectivity index (χ2v) is 4.99. The average Bonchev–Trinajstić information content (AvgIpc) is 2.49. The van der Waals surface area contributed by atoms with Crippen molar-refractivity contribution in [3.05, 3.63) is 52.0 Å². The van der Waals surface area contributed by atoms with Gasteiger partial charge in [-0.3, -0.25) is 4.79 Å². The van der Waals surface area contributed by atoms with Crippen LogP contribution in [0.1, 0.15) is 10.4 Å². The van der Waals surface area contributed by atoms with Gasteiger partial charge in [-0.1, -0.05) is 23.2 Å². The van der Waals surface area contributed by atoms with Crippen LogP contribution in [0.15, 0.2) is 36.4 Å². The highest BCUT2D eigenvalue weighted by Gasteiger charge is 2.15. The summed E-state index contributed by atoms with van der Waals surface area (Å²) in [6, 6.07) is 9.81. The summed E-state index contributed by atoms with van der Waals surface area (Å²) in [5.41, 5.74) is 0.818. The van der Waals surface area contributed by atoms with Crippen molar-refractivity contribution in [3.63, 3.8) is 0 Å². The molecule has 0 aliphatic heterocycles. The molecule has 4 nitrogen and oxygen atoms in total. The number of halogens is 2. The molecular weight excluding hydrogens is 313 g/mol. The fourth-order valence-electron chi connectivity index (χ4n) is 1.77. The van der Waals surface area contributed by atoms with Gasteiger partial charge < -0.3 is 14.8 Å². The summed E-state index contributed by atoms with van der Waals surface area (Å²) in [7, 11) is 3.02. The molecule has 0 heterocycles. The molecule has 0 aliphatic rings. The van der Waals surface area contributed by atoms with Crippen LogP contribution in [-0.4, -0.2) is 20.1 Å². The van der Waals surface area contributed by atoms with Crippen molar-refractivity contribution in [3.8, 4) is 11.5 Å². The minimum Gasteiger partial charge on any atom is -0.497 e. The van der Waals surface area contributed by atoms with Crippen LogP contribution in [-0.2, 0) is 0 Å². The van der Waals surface area contributed by atoms with Crippen LogP contribution in [0.2, 0.25) is 10.0 Å². The van der Waals surface area contributed by atoms with Gasteiger partial charge in [-0.15, -0.1) is 0 Å². The highest BCUT2D eigenvalue weighted by atomic mass is 35.5. The van der Waals surface area contributed by atoms with Gasteiger partial charge in [-0.05, 0) is 36.4 Å². The van der Waals surface area contributed by atoms with E-state index in [0.29, 0.717) is 32.8 Å². The Balaban J connectivity index is 2.31. The number of hydrogen-bond acceptors (Lipinski definition) is 3. The van der Waals surface area contributed by atoms with Crippen molar-refractivity contribution in [2.45, 2.75) is 0 Å². The summed E-state index contributed by atoms with van der Waals surface area (Å²) in [5, 5.41) is 3.57. The fourth-order valence-corrected chi connectivity index (χ4v) is 2.23. The maximum atomic E-state index is 12.4. The van der Waals surface area contributed by atoms with Gasteiger partial charge in [0.2, 0.25) is 0 Å². The van der Waals surface area contributed by atoms with E-state index in [4.69, 9.17) is 32.7 Å². The van der Waals surface area contributed by atoms with Gasteiger partial charge in [-0.2, -0.15) is 0 Å². The first kappa shape index (κ1) is 15.5. The van der Waals surface area contributed by atoms with Gasteiger partial charge in [0.1, 0.15) is 11.5 Å². The van der Waals surface area contributed by atoms with Crippen molar-refractivity contribution in [2.75, 3.05) is 19.5 Å². The number of carbonyl (C=O) groups is 1. The highest BCUT2D eigenvalue weighted by molar-refractivity contribution is 6.36. The monoisotopic (exact) mass is 325 g/mol. The summed E-state index contributed by atoms with van der Waals surface area (Å²) in [6.07, 6.45) is 0. The van der Waals surface area contributed by atoms with Crippen molar-refractivity contribution in [1.82, 2.24) is 0 Å². The quantitative estimate of drug-likeness (QED) is 0.913. The van der Waals surface area contributed by atoms with Crippen molar-refractivity contribution in [1.29, 1.82) is 0 Å². The van der Waals surface area contributed by atoms with Gasteiger partial charge in [0, 0.05) is 5.02 Å².